The van der Waals surface area contributed by atoms with Gasteiger partial charge >= 0.3 is 0 Å². The highest BCUT2D eigenvalue weighted by atomic mass is 19.1. The second-order valence-electron chi connectivity index (χ2n) is 10.4. The van der Waals surface area contributed by atoms with E-state index in [-0.39, 0.29) is 17.4 Å². The number of halogens is 1. The van der Waals surface area contributed by atoms with Gasteiger partial charge in [-0.05, 0) is 61.2 Å². The van der Waals surface area contributed by atoms with Crippen LogP contribution in [0.25, 0.3) is 10.9 Å². The van der Waals surface area contributed by atoms with Crippen molar-refractivity contribution in [2.75, 3.05) is 0 Å². The third kappa shape index (κ3) is 4.67. The number of benzene rings is 3. The smallest absolute Gasteiger partial charge is 0.269 e. The minimum atomic E-state index is -0.859. The van der Waals surface area contributed by atoms with Gasteiger partial charge in [0.1, 0.15) is 11.9 Å². The lowest BCUT2D eigenvalue weighted by Gasteiger charge is -2.34. The minimum Gasteiger partial charge on any atom is -0.348 e. The zero-order chi connectivity index (χ0) is 27.8. The summed E-state index contributed by atoms with van der Waals surface area (Å²) in [5, 5.41) is 1.02. The highest BCUT2D eigenvalue weighted by Crippen LogP contribution is 2.45. The Morgan fingerprint density at radius 1 is 0.949 bits per heavy atom. The molecule has 2 unspecified atom stereocenters. The highest BCUT2D eigenvalue weighted by Gasteiger charge is 2.45. The number of rotatable bonds is 6. The van der Waals surface area contributed by atoms with Crippen molar-refractivity contribution in [1.82, 2.24) is 20.3 Å². The van der Waals surface area contributed by atoms with Gasteiger partial charge in [0.15, 0.2) is 0 Å². The molecule has 0 radical (unpaired) electrons. The Morgan fingerprint density at radius 2 is 1.62 bits per heavy atom. The van der Waals surface area contributed by atoms with E-state index in [1.54, 1.807) is 11.0 Å². The maximum Gasteiger partial charge on any atom is 0.269 e. The molecular weight excluding hydrogens is 495 g/mol. The number of carbonyl (C=O) groups excluding carboxylic acids is 3. The summed E-state index contributed by atoms with van der Waals surface area (Å²) in [5.74, 6) is -1.69. The molecule has 39 heavy (non-hydrogen) atoms. The Morgan fingerprint density at radius 3 is 2.33 bits per heavy atom. The van der Waals surface area contributed by atoms with Crippen molar-refractivity contribution in [3.63, 3.8) is 0 Å². The monoisotopic (exact) mass is 526 g/mol. The van der Waals surface area contributed by atoms with Crippen LogP contribution in [0.5, 0.6) is 0 Å². The van der Waals surface area contributed by atoms with Crippen molar-refractivity contribution in [2.45, 2.75) is 39.3 Å². The maximum atomic E-state index is 14.0. The van der Waals surface area contributed by atoms with Crippen LogP contribution in [0, 0.1) is 18.7 Å². The number of carbonyl (C=O) groups is 3. The first-order valence-electron chi connectivity index (χ1n) is 13.0. The topological polar surface area (TPSA) is 83.4 Å². The van der Waals surface area contributed by atoms with Crippen LogP contribution in [0.1, 0.15) is 63.8 Å². The number of nitrogens with zero attached hydrogens (tertiary/aromatic N) is 2. The van der Waals surface area contributed by atoms with E-state index >= 15 is 0 Å². The summed E-state index contributed by atoms with van der Waals surface area (Å²) in [7, 11) is 2.00. The molecule has 0 saturated heterocycles. The maximum absolute atomic E-state index is 14.0. The SMILES string of the molecule is Cc1c(C2c3ccccc3C(=O)N2C(CC(C)C)C(=O)NNC(=O)c2ccc(F)cc2)c2ccccc2n1C. The van der Waals surface area contributed by atoms with E-state index < -0.39 is 29.7 Å². The van der Waals surface area contributed by atoms with Crippen LogP contribution in [0.4, 0.5) is 4.39 Å². The van der Waals surface area contributed by atoms with Gasteiger partial charge in [-0.2, -0.15) is 0 Å². The van der Waals surface area contributed by atoms with Crippen LogP contribution >= 0.6 is 0 Å². The molecule has 0 saturated carbocycles. The van der Waals surface area contributed by atoms with E-state index in [1.165, 1.54) is 24.3 Å². The van der Waals surface area contributed by atoms with Gasteiger partial charge in [0, 0.05) is 40.3 Å². The number of nitrogens with one attached hydrogen (secondary N) is 2. The second kappa shape index (κ2) is 10.4. The van der Waals surface area contributed by atoms with Gasteiger partial charge in [0.2, 0.25) is 0 Å². The van der Waals surface area contributed by atoms with Crippen molar-refractivity contribution in [2.24, 2.45) is 13.0 Å². The Kier molecular flexibility index (Phi) is 6.95. The molecule has 3 amide bonds. The molecule has 0 spiro atoms. The third-order valence-corrected chi connectivity index (χ3v) is 7.46. The molecule has 0 bridgehead atoms. The molecule has 0 fully saturated rings. The average Bonchev–Trinajstić information content (AvgIpc) is 3.35. The van der Waals surface area contributed by atoms with Crippen molar-refractivity contribution >= 4 is 28.6 Å². The van der Waals surface area contributed by atoms with E-state index in [0.29, 0.717) is 12.0 Å². The van der Waals surface area contributed by atoms with E-state index in [9.17, 15) is 18.8 Å². The minimum absolute atomic E-state index is 0.0827. The van der Waals surface area contributed by atoms with Crippen LogP contribution in [-0.4, -0.2) is 33.2 Å². The Labute approximate surface area is 226 Å². The molecule has 5 rings (SSSR count). The molecule has 200 valence electrons. The lowest BCUT2D eigenvalue weighted by Crippen LogP contribution is -2.54. The zero-order valence-corrected chi connectivity index (χ0v) is 22.4. The second-order valence-corrected chi connectivity index (χ2v) is 10.4. The summed E-state index contributed by atoms with van der Waals surface area (Å²) in [4.78, 5) is 42.0. The quantitative estimate of drug-likeness (QED) is 0.345. The van der Waals surface area contributed by atoms with Crippen LogP contribution in [0.3, 0.4) is 0 Å². The summed E-state index contributed by atoms with van der Waals surface area (Å²) >= 11 is 0. The summed E-state index contributed by atoms with van der Waals surface area (Å²) in [6, 6.07) is 19.2. The van der Waals surface area contributed by atoms with Gasteiger partial charge in [0.25, 0.3) is 17.7 Å². The van der Waals surface area contributed by atoms with E-state index in [1.807, 2.05) is 70.3 Å². The molecule has 3 aromatic carbocycles. The Hall–Kier alpha value is -4.46. The first kappa shape index (κ1) is 26.2. The van der Waals surface area contributed by atoms with Gasteiger partial charge in [-0.15, -0.1) is 0 Å². The number of aromatic nitrogens is 1. The molecule has 1 aliphatic heterocycles. The predicted octanol–water partition coefficient (Wildman–Crippen LogP) is 5.05. The molecule has 2 atom stereocenters. The molecule has 2 heterocycles. The summed E-state index contributed by atoms with van der Waals surface area (Å²) < 4.78 is 15.4. The van der Waals surface area contributed by atoms with E-state index in [2.05, 4.69) is 15.4 Å². The number of aryl methyl sites for hydroxylation is 1. The number of hydrazine groups is 1. The van der Waals surface area contributed by atoms with Crippen LogP contribution in [-0.2, 0) is 11.8 Å². The van der Waals surface area contributed by atoms with Gasteiger partial charge in [0.05, 0.1) is 6.04 Å². The molecular formula is C31H31FN4O3. The zero-order valence-electron chi connectivity index (χ0n) is 22.4. The normalized spacial score (nSPS) is 15.5. The number of fused-ring (bicyclic) bond motifs is 2. The van der Waals surface area contributed by atoms with Crippen LogP contribution < -0.4 is 10.9 Å². The molecule has 1 aliphatic rings. The fraction of sp³-hybridized carbons (Fsp3) is 0.258. The van der Waals surface area contributed by atoms with E-state index in [4.69, 9.17) is 0 Å². The molecule has 2 N–H and O–H groups in total. The largest absolute Gasteiger partial charge is 0.348 e. The lowest BCUT2D eigenvalue weighted by atomic mass is 9.93. The molecule has 1 aromatic heterocycles. The molecule has 8 heteroatoms. The van der Waals surface area contributed by atoms with E-state index in [0.717, 1.165) is 27.7 Å². The molecule has 0 aliphatic carbocycles. The van der Waals surface area contributed by atoms with Crippen molar-refractivity contribution < 1.29 is 18.8 Å². The van der Waals surface area contributed by atoms with Crippen LogP contribution in [0.15, 0.2) is 72.8 Å². The predicted molar refractivity (Wildman–Crippen MR) is 147 cm³/mol. The fourth-order valence-electron chi connectivity index (χ4n) is 5.52. The van der Waals surface area contributed by atoms with Crippen molar-refractivity contribution in [3.8, 4) is 0 Å². The van der Waals surface area contributed by atoms with Crippen molar-refractivity contribution in [1.29, 1.82) is 0 Å². The standard InChI is InChI=1S/C31H31FN4O3/c1-18(2)17-26(30(38)34-33-29(37)20-13-15-21(32)16-14-20)36-28(22-9-5-6-10-23(22)31(36)39)27-19(3)35(4)25-12-8-7-11-24(25)27/h5-16,18,26,28H,17H2,1-4H3,(H,33,37)(H,34,38). The van der Waals surface area contributed by atoms with Gasteiger partial charge in [-0.3, -0.25) is 25.2 Å². The highest BCUT2D eigenvalue weighted by molar-refractivity contribution is 6.04. The number of amides is 3. The lowest BCUT2D eigenvalue weighted by molar-refractivity contribution is -0.127. The summed E-state index contributed by atoms with van der Waals surface area (Å²) in [5.41, 5.74) is 9.58. The number of hydrogen-bond donors (Lipinski definition) is 2. The fourth-order valence-corrected chi connectivity index (χ4v) is 5.52. The molecule has 7 nitrogen and oxygen atoms in total. The number of hydrogen-bond acceptors (Lipinski definition) is 3. The van der Waals surface area contributed by atoms with Gasteiger partial charge in [-0.1, -0.05) is 50.2 Å². The Bertz CT molecular complexity index is 1570. The first-order chi connectivity index (χ1) is 18.7. The van der Waals surface area contributed by atoms with Gasteiger partial charge < -0.3 is 9.47 Å². The summed E-state index contributed by atoms with van der Waals surface area (Å²) in [6.07, 6.45) is 0.387. The summed E-state index contributed by atoms with van der Waals surface area (Å²) in [6.45, 7) is 6.01. The average molecular weight is 527 g/mol. The first-order valence-corrected chi connectivity index (χ1v) is 13.0. The Balaban J connectivity index is 1.55. The van der Waals surface area contributed by atoms with Crippen molar-refractivity contribution in [3.05, 3.63) is 107 Å². The molecule has 4 aromatic rings. The third-order valence-electron chi connectivity index (χ3n) is 7.46. The van der Waals surface area contributed by atoms with Crippen LogP contribution in [0.2, 0.25) is 0 Å². The number of para-hydroxylation sites is 1. The van der Waals surface area contributed by atoms with Gasteiger partial charge in [-0.25, -0.2) is 4.39 Å².